The number of amides is 1. The summed E-state index contributed by atoms with van der Waals surface area (Å²) in [6, 6.07) is -0.653. The summed E-state index contributed by atoms with van der Waals surface area (Å²) in [7, 11) is 0. The van der Waals surface area contributed by atoms with Crippen molar-refractivity contribution in [2.45, 2.75) is 18.9 Å². The van der Waals surface area contributed by atoms with Crippen molar-refractivity contribution in [3.8, 4) is 0 Å². The maximum absolute atomic E-state index is 12.1. The molecular formula is C10H15NO4S. The molecule has 2 unspecified atom stereocenters. The van der Waals surface area contributed by atoms with Gasteiger partial charge in [0.1, 0.15) is 6.04 Å². The third-order valence-electron chi connectivity index (χ3n) is 2.96. The van der Waals surface area contributed by atoms with E-state index in [0.29, 0.717) is 24.8 Å². The van der Waals surface area contributed by atoms with Crippen LogP contribution in [0.1, 0.15) is 12.8 Å². The summed E-state index contributed by atoms with van der Waals surface area (Å²) < 4.78 is 5.26. The highest BCUT2D eigenvalue weighted by atomic mass is 32.2. The molecular weight excluding hydrogens is 230 g/mol. The number of carbonyl (C=O) groups is 2. The smallest absolute Gasteiger partial charge is 0.327 e. The van der Waals surface area contributed by atoms with Crippen LogP contribution in [0.25, 0.3) is 0 Å². The van der Waals surface area contributed by atoms with Crippen LogP contribution in [0.5, 0.6) is 0 Å². The van der Waals surface area contributed by atoms with Crippen molar-refractivity contribution in [1.29, 1.82) is 0 Å². The topological polar surface area (TPSA) is 66.8 Å². The number of thioether (sulfide) groups is 1. The molecule has 2 rings (SSSR count). The van der Waals surface area contributed by atoms with Crippen molar-refractivity contribution in [2.24, 2.45) is 5.92 Å². The number of aliphatic carboxylic acids is 1. The number of nitrogens with zero attached hydrogens (tertiary/aromatic N) is 1. The number of carboxylic acid groups (broad SMARTS) is 1. The Hall–Kier alpha value is -0.750. The van der Waals surface area contributed by atoms with Crippen LogP contribution in [0.3, 0.4) is 0 Å². The standard InChI is InChI=1S/C10H15NO4S/c12-9(7-2-1-3-15-4-7)11-6-16-5-8(11)10(13)14/h7-8H,1-6H2,(H,13,14). The molecule has 1 amide bonds. The number of carboxylic acids is 1. The largest absolute Gasteiger partial charge is 0.480 e. The van der Waals surface area contributed by atoms with E-state index in [2.05, 4.69) is 0 Å². The lowest BCUT2D eigenvalue weighted by atomic mass is 10.0. The fourth-order valence-corrected chi connectivity index (χ4v) is 3.19. The summed E-state index contributed by atoms with van der Waals surface area (Å²) in [6.07, 6.45) is 1.70. The second-order valence-electron chi connectivity index (χ2n) is 4.08. The van der Waals surface area contributed by atoms with E-state index in [0.717, 1.165) is 12.8 Å². The van der Waals surface area contributed by atoms with Crippen LogP contribution in [-0.4, -0.2) is 52.8 Å². The first-order chi connectivity index (χ1) is 7.70. The molecule has 6 heteroatoms. The molecule has 16 heavy (non-hydrogen) atoms. The van der Waals surface area contributed by atoms with Gasteiger partial charge in [0.05, 0.1) is 18.4 Å². The number of hydrogen-bond acceptors (Lipinski definition) is 4. The Labute approximate surface area is 98.1 Å². The zero-order chi connectivity index (χ0) is 11.5. The molecule has 2 aliphatic heterocycles. The van der Waals surface area contributed by atoms with Gasteiger partial charge in [-0.2, -0.15) is 0 Å². The molecule has 0 aromatic heterocycles. The molecule has 0 saturated carbocycles. The van der Waals surface area contributed by atoms with Crippen molar-refractivity contribution in [3.05, 3.63) is 0 Å². The summed E-state index contributed by atoms with van der Waals surface area (Å²) in [5.41, 5.74) is 0. The Morgan fingerprint density at radius 2 is 2.25 bits per heavy atom. The van der Waals surface area contributed by atoms with Gasteiger partial charge in [0.2, 0.25) is 5.91 Å². The van der Waals surface area contributed by atoms with Gasteiger partial charge in [0.25, 0.3) is 0 Å². The minimum Gasteiger partial charge on any atom is -0.480 e. The lowest BCUT2D eigenvalue weighted by Gasteiger charge is -2.28. The first-order valence-electron chi connectivity index (χ1n) is 5.39. The number of ether oxygens (including phenoxy) is 1. The van der Waals surface area contributed by atoms with Crippen LogP contribution < -0.4 is 0 Å². The summed E-state index contributed by atoms with van der Waals surface area (Å²) in [5.74, 6) is -0.123. The zero-order valence-electron chi connectivity index (χ0n) is 8.92. The minimum absolute atomic E-state index is 0.0582. The third kappa shape index (κ3) is 2.32. The second-order valence-corrected chi connectivity index (χ2v) is 5.08. The van der Waals surface area contributed by atoms with Gasteiger partial charge in [-0.1, -0.05) is 0 Å². The maximum atomic E-state index is 12.1. The molecule has 2 aliphatic rings. The van der Waals surface area contributed by atoms with Gasteiger partial charge in [-0.05, 0) is 12.8 Å². The molecule has 5 nitrogen and oxygen atoms in total. The predicted octanol–water partition coefficient (Wildman–Crippen LogP) is 0.399. The molecule has 0 radical (unpaired) electrons. The third-order valence-corrected chi connectivity index (χ3v) is 3.97. The van der Waals surface area contributed by atoms with Crippen LogP contribution in [0.15, 0.2) is 0 Å². The Morgan fingerprint density at radius 3 is 2.88 bits per heavy atom. The van der Waals surface area contributed by atoms with E-state index in [1.54, 1.807) is 0 Å². The first-order valence-corrected chi connectivity index (χ1v) is 6.54. The molecule has 0 aromatic rings. The van der Waals surface area contributed by atoms with Crippen LogP contribution in [0.2, 0.25) is 0 Å². The lowest BCUT2D eigenvalue weighted by molar-refractivity contribution is -0.151. The molecule has 0 bridgehead atoms. The molecule has 0 aromatic carbocycles. The van der Waals surface area contributed by atoms with Crippen LogP contribution in [-0.2, 0) is 14.3 Å². The van der Waals surface area contributed by atoms with E-state index in [1.165, 1.54) is 16.7 Å². The van der Waals surface area contributed by atoms with Crippen molar-refractivity contribution in [3.63, 3.8) is 0 Å². The molecule has 1 N–H and O–H groups in total. The number of carbonyl (C=O) groups excluding carboxylic acids is 1. The Kier molecular flexibility index (Phi) is 3.70. The molecule has 2 saturated heterocycles. The maximum Gasteiger partial charge on any atom is 0.327 e. The Morgan fingerprint density at radius 1 is 1.44 bits per heavy atom. The first kappa shape index (κ1) is 11.7. The van der Waals surface area contributed by atoms with Gasteiger partial charge >= 0.3 is 5.97 Å². The molecule has 0 spiro atoms. The predicted molar refractivity (Wildman–Crippen MR) is 59.1 cm³/mol. The quantitative estimate of drug-likeness (QED) is 0.762. The zero-order valence-corrected chi connectivity index (χ0v) is 9.74. The lowest BCUT2D eigenvalue weighted by Crippen LogP contribution is -2.46. The van der Waals surface area contributed by atoms with E-state index in [1.807, 2.05) is 0 Å². The molecule has 2 fully saturated rings. The van der Waals surface area contributed by atoms with Crippen molar-refractivity contribution >= 4 is 23.6 Å². The van der Waals surface area contributed by atoms with Crippen LogP contribution >= 0.6 is 11.8 Å². The second kappa shape index (κ2) is 5.05. The monoisotopic (exact) mass is 245 g/mol. The summed E-state index contributed by atoms with van der Waals surface area (Å²) in [5, 5.41) is 8.99. The van der Waals surface area contributed by atoms with Crippen molar-refractivity contribution in [1.82, 2.24) is 4.90 Å². The Bertz CT molecular complexity index is 291. The molecule has 90 valence electrons. The minimum atomic E-state index is -0.907. The van der Waals surface area contributed by atoms with E-state index in [4.69, 9.17) is 9.84 Å². The number of rotatable bonds is 2. The summed E-state index contributed by atoms with van der Waals surface area (Å²) in [6.45, 7) is 1.15. The molecule has 2 heterocycles. The van der Waals surface area contributed by atoms with Crippen molar-refractivity contribution in [2.75, 3.05) is 24.8 Å². The van der Waals surface area contributed by atoms with E-state index in [9.17, 15) is 9.59 Å². The van der Waals surface area contributed by atoms with Gasteiger partial charge in [-0.25, -0.2) is 4.79 Å². The van der Waals surface area contributed by atoms with Gasteiger partial charge in [0.15, 0.2) is 0 Å². The fraction of sp³-hybridized carbons (Fsp3) is 0.800. The van der Waals surface area contributed by atoms with Gasteiger partial charge in [-0.15, -0.1) is 11.8 Å². The van der Waals surface area contributed by atoms with Gasteiger partial charge < -0.3 is 14.7 Å². The van der Waals surface area contributed by atoms with Gasteiger partial charge in [-0.3, -0.25) is 4.79 Å². The summed E-state index contributed by atoms with van der Waals surface area (Å²) in [4.78, 5) is 24.5. The molecule has 2 atom stereocenters. The normalized spacial score (nSPS) is 30.4. The molecule has 0 aliphatic carbocycles. The fourth-order valence-electron chi connectivity index (χ4n) is 2.03. The number of hydrogen-bond donors (Lipinski definition) is 1. The Balaban J connectivity index is 1.99. The van der Waals surface area contributed by atoms with E-state index >= 15 is 0 Å². The highest BCUT2D eigenvalue weighted by molar-refractivity contribution is 7.99. The van der Waals surface area contributed by atoms with Gasteiger partial charge in [0, 0.05) is 12.4 Å². The van der Waals surface area contributed by atoms with Crippen LogP contribution in [0.4, 0.5) is 0 Å². The SMILES string of the molecule is O=C(O)C1CSCN1C(=O)C1CCCOC1. The average Bonchev–Trinajstić information content (AvgIpc) is 2.78. The van der Waals surface area contributed by atoms with Crippen molar-refractivity contribution < 1.29 is 19.4 Å². The van der Waals surface area contributed by atoms with E-state index < -0.39 is 12.0 Å². The average molecular weight is 245 g/mol. The highest BCUT2D eigenvalue weighted by Gasteiger charge is 2.37. The van der Waals surface area contributed by atoms with Crippen LogP contribution in [0, 0.1) is 5.92 Å². The highest BCUT2D eigenvalue weighted by Crippen LogP contribution is 2.25. The van der Waals surface area contributed by atoms with E-state index in [-0.39, 0.29) is 11.8 Å². The summed E-state index contributed by atoms with van der Waals surface area (Å²) >= 11 is 1.49.